The third-order valence-corrected chi connectivity index (χ3v) is 3.72. The Bertz CT molecular complexity index is 682. The highest BCUT2D eigenvalue weighted by Crippen LogP contribution is 2.26. The van der Waals surface area contributed by atoms with Crippen LogP contribution in [-0.2, 0) is 17.6 Å². The van der Waals surface area contributed by atoms with Gasteiger partial charge in [0.1, 0.15) is 11.5 Å². The van der Waals surface area contributed by atoms with Crippen molar-refractivity contribution in [1.29, 1.82) is 0 Å². The molecule has 0 unspecified atom stereocenters. The average molecular weight is 297 g/mol. The van der Waals surface area contributed by atoms with Crippen LogP contribution in [0.3, 0.4) is 0 Å². The van der Waals surface area contributed by atoms with Crippen molar-refractivity contribution in [3.05, 3.63) is 53.6 Å². The molecule has 0 radical (unpaired) electrons. The number of hydrogen-bond donors (Lipinski definition) is 1. The molecule has 2 aromatic carbocycles. The predicted molar refractivity (Wildman–Crippen MR) is 85.6 cm³/mol. The zero-order valence-electron chi connectivity index (χ0n) is 12.6. The van der Waals surface area contributed by atoms with Crippen molar-refractivity contribution in [2.45, 2.75) is 19.3 Å². The monoisotopic (exact) mass is 297 g/mol. The maximum atomic E-state index is 12.2. The molecule has 114 valence electrons. The number of fused-ring (bicyclic) bond motifs is 1. The van der Waals surface area contributed by atoms with Gasteiger partial charge in [-0.3, -0.25) is 4.79 Å². The second-order valence-corrected chi connectivity index (χ2v) is 5.32. The Morgan fingerprint density at radius 3 is 3.00 bits per heavy atom. The molecule has 22 heavy (non-hydrogen) atoms. The molecule has 4 nitrogen and oxygen atoms in total. The number of anilines is 1. The maximum Gasteiger partial charge on any atom is 0.228 e. The molecule has 0 spiro atoms. The first-order chi connectivity index (χ1) is 10.8. The van der Waals surface area contributed by atoms with E-state index in [0.29, 0.717) is 17.9 Å². The zero-order chi connectivity index (χ0) is 15.4. The standard InChI is InChI=1S/C18H19NO3/c1-21-17-7-3-2-6-15(17)19-18(20)12-13-8-9-16-14(11-13)5-4-10-22-16/h2-3,6-9,11H,4-5,10,12H2,1H3,(H,19,20). The van der Waals surface area contributed by atoms with E-state index in [2.05, 4.69) is 11.4 Å². The molecule has 1 heterocycles. The fourth-order valence-electron chi connectivity index (χ4n) is 2.65. The topological polar surface area (TPSA) is 47.6 Å². The summed E-state index contributed by atoms with van der Waals surface area (Å²) in [4.78, 5) is 12.2. The van der Waals surface area contributed by atoms with Gasteiger partial charge in [0, 0.05) is 0 Å². The number of hydrogen-bond acceptors (Lipinski definition) is 3. The van der Waals surface area contributed by atoms with Crippen molar-refractivity contribution in [1.82, 2.24) is 0 Å². The zero-order valence-corrected chi connectivity index (χ0v) is 12.6. The highest BCUT2D eigenvalue weighted by atomic mass is 16.5. The molecule has 0 atom stereocenters. The van der Waals surface area contributed by atoms with Crippen LogP contribution in [0, 0.1) is 0 Å². The number of aryl methyl sites for hydroxylation is 1. The highest BCUT2D eigenvalue weighted by Gasteiger charge is 2.13. The summed E-state index contributed by atoms with van der Waals surface area (Å²) in [5.41, 5.74) is 2.88. The van der Waals surface area contributed by atoms with Crippen molar-refractivity contribution < 1.29 is 14.3 Å². The van der Waals surface area contributed by atoms with E-state index in [4.69, 9.17) is 9.47 Å². The third-order valence-electron chi connectivity index (χ3n) is 3.72. The molecule has 0 bridgehead atoms. The van der Waals surface area contributed by atoms with Crippen molar-refractivity contribution >= 4 is 11.6 Å². The first kappa shape index (κ1) is 14.4. The summed E-state index contributed by atoms with van der Waals surface area (Å²) >= 11 is 0. The molecule has 0 aliphatic carbocycles. The van der Waals surface area contributed by atoms with E-state index in [1.54, 1.807) is 7.11 Å². The molecule has 1 aliphatic rings. The lowest BCUT2D eigenvalue weighted by Gasteiger charge is -2.17. The van der Waals surface area contributed by atoms with Crippen molar-refractivity contribution in [2.75, 3.05) is 19.0 Å². The second-order valence-electron chi connectivity index (χ2n) is 5.32. The summed E-state index contributed by atoms with van der Waals surface area (Å²) in [7, 11) is 1.59. The van der Waals surface area contributed by atoms with Gasteiger partial charge in [-0.1, -0.05) is 24.3 Å². The molecule has 0 saturated carbocycles. The van der Waals surface area contributed by atoms with Crippen molar-refractivity contribution in [3.8, 4) is 11.5 Å². The molecule has 0 fully saturated rings. The number of para-hydroxylation sites is 2. The van der Waals surface area contributed by atoms with Gasteiger partial charge >= 0.3 is 0 Å². The van der Waals surface area contributed by atoms with E-state index in [1.807, 2.05) is 36.4 Å². The van der Waals surface area contributed by atoms with Crippen LogP contribution in [-0.4, -0.2) is 19.6 Å². The minimum Gasteiger partial charge on any atom is -0.495 e. The van der Waals surface area contributed by atoms with Gasteiger partial charge < -0.3 is 14.8 Å². The number of carbonyl (C=O) groups excluding carboxylic acids is 1. The first-order valence-electron chi connectivity index (χ1n) is 7.44. The fourth-order valence-corrected chi connectivity index (χ4v) is 2.65. The van der Waals surface area contributed by atoms with Crippen molar-refractivity contribution in [3.63, 3.8) is 0 Å². The number of benzene rings is 2. The Kier molecular flexibility index (Phi) is 4.28. The van der Waals surface area contributed by atoms with Gasteiger partial charge in [0.25, 0.3) is 0 Å². The van der Waals surface area contributed by atoms with Crippen LogP contribution < -0.4 is 14.8 Å². The molecule has 3 rings (SSSR count). The lowest BCUT2D eigenvalue weighted by molar-refractivity contribution is -0.115. The summed E-state index contributed by atoms with van der Waals surface area (Å²) in [6, 6.07) is 13.4. The van der Waals surface area contributed by atoms with Gasteiger partial charge in [-0.15, -0.1) is 0 Å². The van der Waals surface area contributed by atoms with Crippen molar-refractivity contribution in [2.24, 2.45) is 0 Å². The lowest BCUT2D eigenvalue weighted by atomic mass is 10.0. The molecule has 0 saturated heterocycles. The highest BCUT2D eigenvalue weighted by molar-refractivity contribution is 5.93. The Morgan fingerprint density at radius 1 is 1.27 bits per heavy atom. The Morgan fingerprint density at radius 2 is 2.14 bits per heavy atom. The largest absolute Gasteiger partial charge is 0.495 e. The Balaban J connectivity index is 1.69. The summed E-state index contributed by atoms with van der Waals surface area (Å²) in [6.45, 7) is 0.778. The second kappa shape index (κ2) is 6.52. The van der Waals surface area contributed by atoms with Crippen LogP contribution in [0.2, 0.25) is 0 Å². The molecule has 0 aromatic heterocycles. The van der Waals surface area contributed by atoms with Crippen LogP contribution in [0.4, 0.5) is 5.69 Å². The molecule has 1 aliphatic heterocycles. The quantitative estimate of drug-likeness (QED) is 0.942. The lowest BCUT2D eigenvalue weighted by Crippen LogP contribution is -2.15. The van der Waals surface area contributed by atoms with Gasteiger partial charge in [-0.2, -0.15) is 0 Å². The number of amides is 1. The maximum absolute atomic E-state index is 12.2. The normalized spacial score (nSPS) is 13.0. The molecular formula is C18H19NO3. The first-order valence-corrected chi connectivity index (χ1v) is 7.44. The van der Waals surface area contributed by atoms with Crippen LogP contribution >= 0.6 is 0 Å². The number of methoxy groups -OCH3 is 1. The van der Waals surface area contributed by atoms with Gasteiger partial charge in [-0.25, -0.2) is 0 Å². The molecule has 2 aromatic rings. The van der Waals surface area contributed by atoms with E-state index in [9.17, 15) is 4.79 Å². The molecule has 4 heteroatoms. The SMILES string of the molecule is COc1ccccc1NC(=O)Cc1ccc2c(c1)CCCO2. The van der Waals surface area contributed by atoms with E-state index in [1.165, 1.54) is 5.56 Å². The fraction of sp³-hybridized carbons (Fsp3) is 0.278. The summed E-state index contributed by atoms with van der Waals surface area (Å²) in [5, 5.41) is 2.89. The summed E-state index contributed by atoms with van der Waals surface area (Å²) in [6.07, 6.45) is 2.38. The number of carbonyl (C=O) groups is 1. The number of ether oxygens (including phenoxy) is 2. The molecule has 1 amide bonds. The number of nitrogens with one attached hydrogen (secondary N) is 1. The van der Waals surface area contributed by atoms with Crippen LogP contribution in [0.5, 0.6) is 11.5 Å². The Labute approximate surface area is 130 Å². The Hall–Kier alpha value is -2.49. The smallest absolute Gasteiger partial charge is 0.228 e. The van der Waals surface area contributed by atoms with Gasteiger partial charge in [0.2, 0.25) is 5.91 Å². The van der Waals surface area contributed by atoms with Gasteiger partial charge in [-0.05, 0) is 42.2 Å². The van der Waals surface area contributed by atoms with E-state index >= 15 is 0 Å². The number of rotatable bonds is 4. The molecular weight excluding hydrogens is 278 g/mol. The molecule has 1 N–H and O–H groups in total. The van der Waals surface area contributed by atoms with E-state index in [-0.39, 0.29) is 5.91 Å². The van der Waals surface area contributed by atoms with E-state index in [0.717, 1.165) is 30.8 Å². The van der Waals surface area contributed by atoms with E-state index < -0.39 is 0 Å². The third kappa shape index (κ3) is 3.22. The van der Waals surface area contributed by atoms with Crippen LogP contribution in [0.1, 0.15) is 17.5 Å². The summed E-state index contributed by atoms with van der Waals surface area (Å²) in [5.74, 6) is 1.55. The van der Waals surface area contributed by atoms with Crippen LogP contribution in [0.15, 0.2) is 42.5 Å². The summed E-state index contributed by atoms with van der Waals surface area (Å²) < 4.78 is 10.8. The van der Waals surface area contributed by atoms with Gasteiger partial charge in [0.05, 0.1) is 25.8 Å². The minimum absolute atomic E-state index is 0.0545. The van der Waals surface area contributed by atoms with Gasteiger partial charge in [0.15, 0.2) is 0 Å². The predicted octanol–water partition coefficient (Wildman–Crippen LogP) is 3.20. The average Bonchev–Trinajstić information content (AvgIpc) is 2.55. The minimum atomic E-state index is -0.0545. The van der Waals surface area contributed by atoms with Crippen LogP contribution in [0.25, 0.3) is 0 Å².